The number of aliphatic hydroxyl groups is 1. The zero-order valence-electron chi connectivity index (χ0n) is 10.4. The van der Waals surface area contributed by atoms with Crippen LogP contribution in [0.1, 0.15) is 29.1 Å². The maximum absolute atomic E-state index is 13.7. The van der Waals surface area contributed by atoms with Crippen LogP contribution in [0.3, 0.4) is 0 Å². The Labute approximate surface area is 108 Å². The molecule has 1 atom stereocenters. The molecule has 2 aromatic rings. The van der Waals surface area contributed by atoms with Gasteiger partial charge in [0.05, 0.1) is 30.7 Å². The van der Waals surface area contributed by atoms with E-state index in [1.807, 2.05) is 0 Å². The Bertz CT molecular complexity index is 610. The minimum absolute atomic E-state index is 0.158. The van der Waals surface area contributed by atoms with Crippen LogP contribution in [0.15, 0.2) is 24.4 Å². The first-order valence-corrected chi connectivity index (χ1v) is 5.51. The van der Waals surface area contributed by atoms with Crippen molar-refractivity contribution >= 4 is 5.97 Å². The van der Waals surface area contributed by atoms with Crippen LogP contribution in [-0.4, -0.2) is 33.2 Å². The highest BCUT2D eigenvalue weighted by Crippen LogP contribution is 2.15. The van der Waals surface area contributed by atoms with Crippen LogP contribution >= 0.6 is 0 Å². The number of esters is 1. The number of aliphatic hydroxyl groups excluding tert-OH is 1. The largest absolute Gasteiger partial charge is 0.465 e. The van der Waals surface area contributed by atoms with Gasteiger partial charge in [-0.3, -0.25) is 0 Å². The molecule has 0 radical (unpaired) electrons. The molecule has 6 nitrogen and oxygen atoms in total. The number of hydrogen-bond donors (Lipinski definition) is 1. The van der Waals surface area contributed by atoms with E-state index in [1.165, 1.54) is 30.2 Å². The number of aromatic nitrogens is 3. The Morgan fingerprint density at radius 3 is 2.79 bits per heavy atom. The van der Waals surface area contributed by atoms with Gasteiger partial charge in [0, 0.05) is 6.07 Å². The van der Waals surface area contributed by atoms with E-state index >= 15 is 0 Å². The minimum Gasteiger partial charge on any atom is -0.465 e. The van der Waals surface area contributed by atoms with Crippen LogP contribution in [0.4, 0.5) is 4.39 Å². The lowest BCUT2D eigenvalue weighted by Crippen LogP contribution is -2.07. The normalized spacial score (nSPS) is 12.2. The van der Waals surface area contributed by atoms with E-state index in [4.69, 9.17) is 0 Å². The van der Waals surface area contributed by atoms with Crippen LogP contribution in [0.25, 0.3) is 5.69 Å². The van der Waals surface area contributed by atoms with Crippen molar-refractivity contribution in [3.63, 3.8) is 0 Å². The van der Waals surface area contributed by atoms with Gasteiger partial charge in [0.15, 0.2) is 0 Å². The molecule has 0 fully saturated rings. The first-order valence-electron chi connectivity index (χ1n) is 5.51. The molecule has 0 saturated carbocycles. The summed E-state index contributed by atoms with van der Waals surface area (Å²) in [4.78, 5) is 12.4. The number of halogens is 1. The molecule has 7 heteroatoms. The number of methoxy groups -OCH3 is 1. The molecule has 0 saturated heterocycles. The Kier molecular flexibility index (Phi) is 3.57. The fourth-order valence-electron chi connectivity index (χ4n) is 1.49. The molecule has 0 unspecified atom stereocenters. The fourth-order valence-corrected chi connectivity index (χ4v) is 1.49. The topological polar surface area (TPSA) is 77.2 Å². The maximum Gasteiger partial charge on any atom is 0.340 e. The van der Waals surface area contributed by atoms with Gasteiger partial charge in [-0.25, -0.2) is 9.18 Å². The van der Waals surface area contributed by atoms with Crippen molar-refractivity contribution < 1.29 is 19.0 Å². The van der Waals surface area contributed by atoms with E-state index in [-0.39, 0.29) is 5.56 Å². The lowest BCUT2D eigenvalue weighted by Gasteiger charge is -2.04. The molecule has 2 rings (SSSR count). The van der Waals surface area contributed by atoms with Crippen LogP contribution in [-0.2, 0) is 4.74 Å². The third-order valence-corrected chi connectivity index (χ3v) is 2.53. The van der Waals surface area contributed by atoms with Crippen molar-refractivity contribution in [1.82, 2.24) is 15.0 Å². The quantitative estimate of drug-likeness (QED) is 0.845. The summed E-state index contributed by atoms with van der Waals surface area (Å²) in [6.07, 6.45) is 0.629. The van der Waals surface area contributed by atoms with Gasteiger partial charge < -0.3 is 9.84 Å². The van der Waals surface area contributed by atoms with Crippen LogP contribution in [0.5, 0.6) is 0 Å². The summed E-state index contributed by atoms with van der Waals surface area (Å²) in [5.74, 6) is -1.47. The van der Waals surface area contributed by atoms with E-state index in [1.54, 1.807) is 6.92 Å². The summed E-state index contributed by atoms with van der Waals surface area (Å²) in [7, 11) is 1.18. The summed E-state index contributed by atoms with van der Waals surface area (Å²) < 4.78 is 18.2. The summed E-state index contributed by atoms with van der Waals surface area (Å²) in [6, 6.07) is 3.90. The second kappa shape index (κ2) is 5.15. The van der Waals surface area contributed by atoms with E-state index in [0.717, 1.165) is 6.07 Å². The molecular weight excluding hydrogens is 253 g/mol. The predicted molar refractivity (Wildman–Crippen MR) is 63.3 cm³/mol. The smallest absolute Gasteiger partial charge is 0.340 e. The molecule has 19 heavy (non-hydrogen) atoms. The standard InChI is InChI=1S/C12H12FN3O3/c1-7(17)11-6-14-16(15-11)8-3-4-9(10(13)5-8)12(18)19-2/h3-7,17H,1-2H3/t7-/m0/s1. The Balaban J connectivity index is 2.35. The number of rotatable bonds is 3. The lowest BCUT2D eigenvalue weighted by atomic mass is 10.2. The van der Waals surface area contributed by atoms with Gasteiger partial charge >= 0.3 is 5.97 Å². The summed E-state index contributed by atoms with van der Waals surface area (Å²) in [6.45, 7) is 1.55. The van der Waals surface area contributed by atoms with Gasteiger partial charge in [0.2, 0.25) is 0 Å². The van der Waals surface area contributed by atoms with Gasteiger partial charge in [0.25, 0.3) is 0 Å². The molecule has 0 aliphatic carbocycles. The summed E-state index contributed by atoms with van der Waals surface area (Å²) in [5, 5.41) is 17.2. The van der Waals surface area contributed by atoms with Gasteiger partial charge in [-0.2, -0.15) is 15.0 Å². The average Bonchev–Trinajstić information content (AvgIpc) is 2.87. The molecule has 0 amide bonds. The monoisotopic (exact) mass is 265 g/mol. The van der Waals surface area contributed by atoms with E-state index in [0.29, 0.717) is 11.4 Å². The van der Waals surface area contributed by atoms with Crippen molar-refractivity contribution in [2.24, 2.45) is 0 Å². The molecule has 0 bridgehead atoms. The van der Waals surface area contributed by atoms with Gasteiger partial charge in [0.1, 0.15) is 11.5 Å². The van der Waals surface area contributed by atoms with Gasteiger partial charge in [-0.1, -0.05) is 0 Å². The number of carbonyl (C=O) groups excluding carboxylic acids is 1. The van der Waals surface area contributed by atoms with E-state index in [9.17, 15) is 14.3 Å². The maximum atomic E-state index is 13.7. The van der Waals surface area contributed by atoms with Crippen molar-refractivity contribution in [1.29, 1.82) is 0 Å². The molecule has 1 aromatic carbocycles. The second-order valence-electron chi connectivity index (χ2n) is 3.89. The average molecular weight is 265 g/mol. The number of nitrogens with zero attached hydrogens (tertiary/aromatic N) is 3. The summed E-state index contributed by atoms with van der Waals surface area (Å²) >= 11 is 0. The van der Waals surface area contributed by atoms with E-state index in [2.05, 4.69) is 14.9 Å². The minimum atomic E-state index is -0.757. The molecule has 0 spiro atoms. The third kappa shape index (κ3) is 2.60. The molecule has 1 aromatic heterocycles. The molecule has 0 aliphatic rings. The number of carbonyl (C=O) groups is 1. The van der Waals surface area contributed by atoms with Crippen LogP contribution in [0.2, 0.25) is 0 Å². The Morgan fingerprint density at radius 1 is 1.53 bits per heavy atom. The highest BCUT2D eigenvalue weighted by atomic mass is 19.1. The van der Waals surface area contributed by atoms with Crippen LogP contribution in [0, 0.1) is 5.82 Å². The molecule has 0 aliphatic heterocycles. The van der Waals surface area contributed by atoms with Crippen LogP contribution < -0.4 is 0 Å². The molecule has 1 N–H and O–H groups in total. The zero-order chi connectivity index (χ0) is 14.0. The lowest BCUT2D eigenvalue weighted by molar-refractivity contribution is 0.0595. The fraction of sp³-hybridized carbons (Fsp3) is 0.250. The third-order valence-electron chi connectivity index (χ3n) is 2.53. The summed E-state index contributed by atoms with van der Waals surface area (Å²) in [5.41, 5.74) is 0.559. The van der Waals surface area contributed by atoms with Crippen molar-refractivity contribution in [3.05, 3.63) is 41.5 Å². The number of hydrogen-bond acceptors (Lipinski definition) is 5. The molecule has 100 valence electrons. The SMILES string of the molecule is COC(=O)c1ccc(-n2ncc([C@H](C)O)n2)cc1F. The number of ether oxygens (including phenoxy) is 1. The molecular formula is C12H12FN3O3. The first-order chi connectivity index (χ1) is 9.02. The van der Waals surface area contributed by atoms with Gasteiger partial charge in [-0.05, 0) is 19.1 Å². The highest BCUT2D eigenvalue weighted by molar-refractivity contribution is 5.89. The first kappa shape index (κ1) is 13.2. The van der Waals surface area contributed by atoms with Crippen molar-refractivity contribution in [3.8, 4) is 5.69 Å². The predicted octanol–water partition coefficient (Wildman–Crippen LogP) is 1.25. The highest BCUT2D eigenvalue weighted by Gasteiger charge is 2.14. The molecule has 1 heterocycles. The van der Waals surface area contributed by atoms with Gasteiger partial charge in [-0.15, -0.1) is 0 Å². The van der Waals surface area contributed by atoms with Crippen molar-refractivity contribution in [2.75, 3.05) is 7.11 Å². The second-order valence-corrected chi connectivity index (χ2v) is 3.89. The Morgan fingerprint density at radius 2 is 2.26 bits per heavy atom. The van der Waals surface area contributed by atoms with E-state index < -0.39 is 17.9 Å². The number of benzene rings is 1. The van der Waals surface area contributed by atoms with Crippen molar-refractivity contribution in [2.45, 2.75) is 13.0 Å². The Hall–Kier alpha value is -2.28. The zero-order valence-corrected chi connectivity index (χ0v) is 10.4.